The number of hydrogen-bond acceptors (Lipinski definition) is 4. The van der Waals surface area contributed by atoms with Crippen molar-refractivity contribution in [3.8, 4) is 0 Å². The molecule has 1 amide bonds. The number of aryl methyl sites for hydroxylation is 2. The first-order chi connectivity index (χ1) is 8.00. The summed E-state index contributed by atoms with van der Waals surface area (Å²) in [6, 6.07) is -0.743. The molecule has 0 aliphatic carbocycles. The van der Waals surface area contributed by atoms with Crippen LogP contribution in [0.5, 0.6) is 0 Å². The van der Waals surface area contributed by atoms with Gasteiger partial charge in [0.2, 0.25) is 5.76 Å². The lowest BCUT2D eigenvalue weighted by Crippen LogP contribution is -2.40. The number of carboxylic acid groups (broad SMARTS) is 1. The van der Waals surface area contributed by atoms with Crippen molar-refractivity contribution in [3.63, 3.8) is 0 Å². The lowest BCUT2D eigenvalue weighted by atomic mass is 10.2. The summed E-state index contributed by atoms with van der Waals surface area (Å²) in [6.45, 7) is 3.78. The molecule has 1 saturated heterocycles. The van der Waals surface area contributed by atoms with Crippen LogP contribution in [0.1, 0.15) is 35.0 Å². The maximum Gasteiger partial charge on any atom is 0.326 e. The molecule has 0 spiro atoms. The molecule has 92 valence electrons. The van der Waals surface area contributed by atoms with Gasteiger partial charge in [-0.15, -0.1) is 0 Å². The molecule has 0 radical (unpaired) electrons. The summed E-state index contributed by atoms with van der Waals surface area (Å²) >= 11 is 0. The topological polar surface area (TPSA) is 83.6 Å². The van der Waals surface area contributed by atoms with Gasteiger partial charge in [-0.05, 0) is 19.8 Å². The minimum atomic E-state index is -0.968. The maximum absolute atomic E-state index is 12.1. The van der Waals surface area contributed by atoms with Crippen LogP contribution in [0, 0.1) is 13.8 Å². The highest BCUT2D eigenvalue weighted by molar-refractivity contribution is 5.95. The Kier molecular flexibility index (Phi) is 2.87. The zero-order valence-electron chi connectivity index (χ0n) is 9.77. The van der Waals surface area contributed by atoms with E-state index < -0.39 is 12.0 Å². The Morgan fingerprint density at radius 3 is 2.71 bits per heavy atom. The zero-order chi connectivity index (χ0) is 12.6. The molecule has 6 nitrogen and oxygen atoms in total. The number of aliphatic carboxylic acids is 1. The Labute approximate surface area is 98.2 Å². The lowest BCUT2D eigenvalue weighted by Gasteiger charge is -2.20. The van der Waals surface area contributed by atoms with Crippen LogP contribution in [-0.4, -0.2) is 39.5 Å². The Morgan fingerprint density at radius 1 is 1.47 bits per heavy atom. The third-order valence-corrected chi connectivity index (χ3v) is 2.90. The van der Waals surface area contributed by atoms with E-state index in [1.54, 1.807) is 13.8 Å². The molecule has 1 aliphatic heterocycles. The molecule has 2 heterocycles. The second kappa shape index (κ2) is 4.20. The molecule has 1 unspecified atom stereocenters. The van der Waals surface area contributed by atoms with Crippen LogP contribution in [0.3, 0.4) is 0 Å². The highest BCUT2D eigenvalue weighted by atomic mass is 16.4. The van der Waals surface area contributed by atoms with E-state index in [-0.39, 0.29) is 11.7 Å². The molecule has 17 heavy (non-hydrogen) atoms. The van der Waals surface area contributed by atoms with Crippen molar-refractivity contribution in [2.75, 3.05) is 6.54 Å². The van der Waals surface area contributed by atoms with Crippen molar-refractivity contribution in [2.45, 2.75) is 32.7 Å². The molecular formula is C11H14N2O4. The number of amides is 1. The van der Waals surface area contributed by atoms with Crippen LogP contribution in [0.15, 0.2) is 4.42 Å². The van der Waals surface area contributed by atoms with Gasteiger partial charge < -0.3 is 14.4 Å². The zero-order valence-corrected chi connectivity index (χ0v) is 9.77. The number of likely N-dealkylation sites (tertiary alicyclic amines) is 1. The summed E-state index contributed by atoms with van der Waals surface area (Å²) in [5.74, 6) is -0.787. The van der Waals surface area contributed by atoms with Crippen molar-refractivity contribution in [1.29, 1.82) is 0 Å². The number of oxazole rings is 1. The first kappa shape index (κ1) is 11.6. The van der Waals surface area contributed by atoms with Crippen LogP contribution in [-0.2, 0) is 4.79 Å². The van der Waals surface area contributed by atoms with E-state index in [0.29, 0.717) is 31.0 Å². The Balaban J connectivity index is 2.25. The summed E-state index contributed by atoms with van der Waals surface area (Å²) in [7, 11) is 0. The van der Waals surface area contributed by atoms with Gasteiger partial charge in [0.25, 0.3) is 5.91 Å². The van der Waals surface area contributed by atoms with Gasteiger partial charge in [-0.1, -0.05) is 0 Å². The van der Waals surface area contributed by atoms with Gasteiger partial charge in [0, 0.05) is 13.5 Å². The molecule has 1 atom stereocenters. The number of hydrogen-bond donors (Lipinski definition) is 1. The first-order valence-electron chi connectivity index (χ1n) is 5.48. The molecule has 6 heteroatoms. The van der Waals surface area contributed by atoms with Gasteiger partial charge in [0.05, 0.1) is 5.69 Å². The molecule has 2 rings (SSSR count). The fourth-order valence-corrected chi connectivity index (χ4v) is 2.13. The number of aromatic nitrogens is 1. The fraction of sp³-hybridized carbons (Fsp3) is 0.545. The van der Waals surface area contributed by atoms with Gasteiger partial charge in [-0.25, -0.2) is 9.78 Å². The Morgan fingerprint density at radius 2 is 2.18 bits per heavy atom. The summed E-state index contributed by atoms with van der Waals surface area (Å²) in [5.41, 5.74) is 0.503. The Bertz CT molecular complexity index is 466. The summed E-state index contributed by atoms with van der Waals surface area (Å²) in [4.78, 5) is 28.5. The number of carbonyl (C=O) groups excluding carboxylic acids is 1. The third-order valence-electron chi connectivity index (χ3n) is 2.90. The number of rotatable bonds is 2. The first-order valence-corrected chi connectivity index (χ1v) is 5.48. The smallest absolute Gasteiger partial charge is 0.326 e. The summed E-state index contributed by atoms with van der Waals surface area (Å²) < 4.78 is 5.22. The molecule has 1 aromatic heterocycles. The maximum atomic E-state index is 12.1. The highest BCUT2D eigenvalue weighted by Gasteiger charge is 2.36. The fourth-order valence-electron chi connectivity index (χ4n) is 2.13. The molecule has 1 aromatic rings. The number of carboxylic acids is 1. The van der Waals surface area contributed by atoms with E-state index in [1.165, 1.54) is 4.90 Å². The van der Waals surface area contributed by atoms with Gasteiger partial charge in [-0.2, -0.15) is 0 Å². The van der Waals surface area contributed by atoms with Crippen LogP contribution >= 0.6 is 0 Å². The third kappa shape index (κ3) is 2.02. The average Bonchev–Trinajstić information content (AvgIpc) is 2.83. The van der Waals surface area contributed by atoms with Crippen LogP contribution in [0.4, 0.5) is 0 Å². The minimum absolute atomic E-state index is 0.149. The predicted molar refractivity (Wildman–Crippen MR) is 57.7 cm³/mol. The van der Waals surface area contributed by atoms with E-state index in [2.05, 4.69) is 4.98 Å². The van der Waals surface area contributed by atoms with Crippen LogP contribution in [0.25, 0.3) is 0 Å². The van der Waals surface area contributed by atoms with Gasteiger partial charge in [0.1, 0.15) is 6.04 Å². The molecular weight excluding hydrogens is 224 g/mol. The van der Waals surface area contributed by atoms with Crippen LogP contribution in [0.2, 0.25) is 0 Å². The molecule has 1 fully saturated rings. The summed E-state index contributed by atoms with van der Waals surface area (Å²) in [5, 5.41) is 9.01. The number of carbonyl (C=O) groups is 2. The predicted octanol–water partition coefficient (Wildman–Crippen LogP) is 0.981. The molecule has 1 aliphatic rings. The SMILES string of the molecule is Cc1nc(C)c(C(=O)N2CCCC2C(=O)O)o1. The Hall–Kier alpha value is -1.85. The van der Waals surface area contributed by atoms with Gasteiger partial charge in [0.15, 0.2) is 5.89 Å². The van der Waals surface area contributed by atoms with E-state index >= 15 is 0 Å². The lowest BCUT2D eigenvalue weighted by molar-refractivity contribution is -0.141. The molecule has 1 N–H and O–H groups in total. The highest BCUT2D eigenvalue weighted by Crippen LogP contribution is 2.22. The second-order valence-corrected chi connectivity index (χ2v) is 4.14. The average molecular weight is 238 g/mol. The van der Waals surface area contributed by atoms with E-state index in [1.807, 2.05) is 0 Å². The van der Waals surface area contributed by atoms with Gasteiger partial charge >= 0.3 is 5.97 Å². The second-order valence-electron chi connectivity index (χ2n) is 4.14. The quantitative estimate of drug-likeness (QED) is 0.830. The summed E-state index contributed by atoms with van der Waals surface area (Å²) in [6.07, 6.45) is 1.20. The van der Waals surface area contributed by atoms with E-state index in [0.717, 1.165) is 0 Å². The van der Waals surface area contributed by atoms with E-state index in [9.17, 15) is 9.59 Å². The van der Waals surface area contributed by atoms with Crippen molar-refractivity contribution in [3.05, 3.63) is 17.3 Å². The van der Waals surface area contributed by atoms with Crippen LogP contribution < -0.4 is 0 Å². The van der Waals surface area contributed by atoms with Crippen molar-refractivity contribution >= 4 is 11.9 Å². The van der Waals surface area contributed by atoms with Crippen molar-refractivity contribution < 1.29 is 19.1 Å². The standard InChI is InChI=1S/C11H14N2O4/c1-6-9(17-7(2)12-6)10(14)13-5-3-4-8(13)11(15)16/h8H,3-5H2,1-2H3,(H,15,16). The molecule has 0 bridgehead atoms. The molecule has 0 saturated carbocycles. The van der Waals surface area contributed by atoms with Crippen molar-refractivity contribution in [2.24, 2.45) is 0 Å². The van der Waals surface area contributed by atoms with Crippen molar-refractivity contribution in [1.82, 2.24) is 9.88 Å². The number of nitrogens with zero attached hydrogens (tertiary/aromatic N) is 2. The minimum Gasteiger partial charge on any atom is -0.480 e. The largest absolute Gasteiger partial charge is 0.480 e. The monoisotopic (exact) mass is 238 g/mol. The van der Waals surface area contributed by atoms with Gasteiger partial charge in [-0.3, -0.25) is 4.79 Å². The van der Waals surface area contributed by atoms with E-state index in [4.69, 9.17) is 9.52 Å². The normalized spacial score (nSPS) is 19.6. The molecule has 0 aromatic carbocycles.